The van der Waals surface area contributed by atoms with Gasteiger partial charge in [-0.1, -0.05) is 36.4 Å². The number of thiophene rings is 1. The van der Waals surface area contributed by atoms with Crippen LogP contribution < -0.4 is 10.9 Å². The molecule has 1 aromatic carbocycles. The smallest absolute Gasteiger partial charge is 0.293 e. The molecule has 1 N–H and O–H groups in total. The molecular formula is C19H17N5O2S. The highest BCUT2D eigenvalue weighted by molar-refractivity contribution is 7.13. The first kappa shape index (κ1) is 17.2. The lowest BCUT2D eigenvalue weighted by molar-refractivity contribution is -0.121. The molecule has 4 aromatic rings. The summed E-state index contributed by atoms with van der Waals surface area (Å²) in [6, 6.07) is 15.5. The van der Waals surface area contributed by atoms with Crippen LogP contribution in [0.15, 0.2) is 65.0 Å². The largest absolute Gasteiger partial charge is 0.354 e. The molecule has 1 amide bonds. The van der Waals surface area contributed by atoms with Gasteiger partial charge in [-0.3, -0.25) is 9.59 Å². The average molecular weight is 379 g/mol. The highest BCUT2D eigenvalue weighted by Gasteiger charge is 2.12. The van der Waals surface area contributed by atoms with Crippen molar-refractivity contribution in [3.63, 3.8) is 0 Å². The summed E-state index contributed by atoms with van der Waals surface area (Å²) in [5.41, 5.74) is 1.92. The average Bonchev–Trinajstić information content (AvgIpc) is 3.34. The molecule has 136 valence electrons. The second-order valence-electron chi connectivity index (χ2n) is 6.02. The molecule has 3 heterocycles. The zero-order valence-electron chi connectivity index (χ0n) is 14.4. The van der Waals surface area contributed by atoms with E-state index in [9.17, 15) is 9.59 Å². The van der Waals surface area contributed by atoms with E-state index in [0.717, 1.165) is 21.5 Å². The Labute approximate surface area is 158 Å². The van der Waals surface area contributed by atoms with Gasteiger partial charge in [-0.25, -0.2) is 9.20 Å². The number of hydrogen-bond acceptors (Lipinski definition) is 5. The standard InChI is InChI=1S/C19H17N5O2S/c25-18(20-9-8-14-5-2-1-3-6-14)12-23-19(26)16-11-15(17-7-4-10-27-17)22-24(16)13-21-23/h1-7,10-11,13H,8-9,12H2,(H,20,25). The Balaban J connectivity index is 1.44. The Kier molecular flexibility index (Phi) is 4.80. The summed E-state index contributed by atoms with van der Waals surface area (Å²) in [4.78, 5) is 25.7. The van der Waals surface area contributed by atoms with Crippen LogP contribution in [0.3, 0.4) is 0 Å². The van der Waals surface area contributed by atoms with Crippen LogP contribution in [0.5, 0.6) is 0 Å². The van der Waals surface area contributed by atoms with Crippen molar-refractivity contribution >= 4 is 22.8 Å². The van der Waals surface area contributed by atoms with Gasteiger partial charge >= 0.3 is 0 Å². The van der Waals surface area contributed by atoms with Crippen molar-refractivity contribution in [2.75, 3.05) is 6.54 Å². The molecule has 0 fully saturated rings. The van der Waals surface area contributed by atoms with E-state index in [1.165, 1.54) is 10.8 Å². The van der Waals surface area contributed by atoms with Gasteiger partial charge in [0.1, 0.15) is 24.1 Å². The monoisotopic (exact) mass is 379 g/mol. The summed E-state index contributed by atoms with van der Waals surface area (Å²) in [5, 5.41) is 13.2. The lowest BCUT2D eigenvalue weighted by Crippen LogP contribution is -2.35. The minimum absolute atomic E-state index is 0.121. The Morgan fingerprint density at radius 3 is 2.78 bits per heavy atom. The third kappa shape index (κ3) is 3.80. The lowest BCUT2D eigenvalue weighted by atomic mass is 10.1. The zero-order chi connectivity index (χ0) is 18.6. The first-order chi connectivity index (χ1) is 13.2. The minimum atomic E-state index is -0.342. The van der Waals surface area contributed by atoms with E-state index in [1.807, 2.05) is 47.8 Å². The van der Waals surface area contributed by atoms with Crippen LogP contribution >= 0.6 is 11.3 Å². The number of carbonyl (C=O) groups excluding carboxylic acids is 1. The van der Waals surface area contributed by atoms with Gasteiger partial charge < -0.3 is 5.32 Å². The predicted octanol–water partition coefficient (Wildman–Crippen LogP) is 1.98. The van der Waals surface area contributed by atoms with Crippen molar-refractivity contribution in [1.29, 1.82) is 0 Å². The number of fused-ring (bicyclic) bond motifs is 1. The fraction of sp³-hybridized carbons (Fsp3) is 0.158. The van der Waals surface area contributed by atoms with Gasteiger partial charge in [-0.05, 0) is 29.5 Å². The van der Waals surface area contributed by atoms with E-state index < -0.39 is 0 Å². The van der Waals surface area contributed by atoms with E-state index >= 15 is 0 Å². The van der Waals surface area contributed by atoms with E-state index in [0.29, 0.717) is 17.8 Å². The molecule has 0 unspecified atom stereocenters. The van der Waals surface area contributed by atoms with Crippen molar-refractivity contribution in [2.24, 2.45) is 0 Å². The van der Waals surface area contributed by atoms with Crippen molar-refractivity contribution in [2.45, 2.75) is 13.0 Å². The van der Waals surface area contributed by atoms with Crippen LogP contribution in [-0.2, 0) is 17.8 Å². The predicted molar refractivity (Wildman–Crippen MR) is 104 cm³/mol. The quantitative estimate of drug-likeness (QED) is 0.555. The van der Waals surface area contributed by atoms with Gasteiger partial charge in [-0.2, -0.15) is 10.2 Å². The van der Waals surface area contributed by atoms with Crippen molar-refractivity contribution < 1.29 is 4.79 Å². The van der Waals surface area contributed by atoms with Crippen molar-refractivity contribution in [3.8, 4) is 10.6 Å². The molecule has 8 heteroatoms. The van der Waals surface area contributed by atoms with Crippen LogP contribution in [-0.4, -0.2) is 31.8 Å². The third-order valence-electron chi connectivity index (χ3n) is 4.14. The molecule has 27 heavy (non-hydrogen) atoms. The Morgan fingerprint density at radius 1 is 1.15 bits per heavy atom. The molecule has 3 aromatic heterocycles. The first-order valence-corrected chi connectivity index (χ1v) is 9.39. The number of hydrogen-bond donors (Lipinski definition) is 1. The van der Waals surface area contributed by atoms with Gasteiger partial charge in [0.05, 0.1) is 4.88 Å². The summed E-state index contributed by atoms with van der Waals surface area (Å²) < 4.78 is 2.61. The first-order valence-electron chi connectivity index (χ1n) is 8.51. The van der Waals surface area contributed by atoms with E-state index in [-0.39, 0.29) is 18.0 Å². The zero-order valence-corrected chi connectivity index (χ0v) is 15.2. The van der Waals surface area contributed by atoms with E-state index in [4.69, 9.17) is 0 Å². The fourth-order valence-corrected chi connectivity index (χ4v) is 3.46. The molecule has 0 saturated carbocycles. The molecule has 0 saturated heterocycles. The van der Waals surface area contributed by atoms with E-state index in [2.05, 4.69) is 15.5 Å². The highest BCUT2D eigenvalue weighted by Crippen LogP contribution is 2.23. The molecule has 0 atom stereocenters. The molecule has 4 rings (SSSR count). The topological polar surface area (TPSA) is 81.3 Å². The Morgan fingerprint density at radius 2 is 2.00 bits per heavy atom. The molecular weight excluding hydrogens is 362 g/mol. The van der Waals surface area contributed by atoms with Crippen LogP contribution in [0.4, 0.5) is 0 Å². The number of aromatic nitrogens is 4. The van der Waals surface area contributed by atoms with Gasteiger partial charge in [0.15, 0.2) is 0 Å². The van der Waals surface area contributed by atoms with Gasteiger partial charge in [0.25, 0.3) is 5.56 Å². The molecule has 0 aliphatic heterocycles. The molecule has 0 spiro atoms. The maximum atomic E-state index is 12.6. The highest BCUT2D eigenvalue weighted by atomic mass is 32.1. The number of nitrogens with one attached hydrogen (secondary N) is 1. The number of amides is 1. The minimum Gasteiger partial charge on any atom is -0.354 e. The van der Waals surface area contributed by atoms with Gasteiger partial charge in [0, 0.05) is 6.54 Å². The molecule has 0 aliphatic rings. The van der Waals surface area contributed by atoms with Crippen LogP contribution in [0.25, 0.3) is 16.1 Å². The maximum Gasteiger partial charge on any atom is 0.293 e. The van der Waals surface area contributed by atoms with E-state index in [1.54, 1.807) is 17.4 Å². The fourth-order valence-electron chi connectivity index (χ4n) is 2.78. The van der Waals surface area contributed by atoms with Crippen LogP contribution in [0, 0.1) is 0 Å². The molecule has 0 bridgehead atoms. The summed E-state index contributed by atoms with van der Waals surface area (Å²) in [7, 11) is 0. The van der Waals surface area contributed by atoms with Crippen molar-refractivity contribution in [1.82, 2.24) is 24.7 Å². The van der Waals surface area contributed by atoms with Gasteiger partial charge in [0.2, 0.25) is 5.91 Å². The SMILES string of the molecule is O=C(Cn1ncn2nc(-c3cccs3)cc2c1=O)NCCc1ccccc1. The summed E-state index contributed by atoms with van der Waals surface area (Å²) in [6.45, 7) is 0.388. The van der Waals surface area contributed by atoms with Crippen molar-refractivity contribution in [3.05, 3.63) is 76.2 Å². The summed E-state index contributed by atoms with van der Waals surface area (Å²) in [6.07, 6.45) is 2.19. The molecule has 0 radical (unpaired) electrons. The van der Waals surface area contributed by atoms with Crippen LogP contribution in [0.2, 0.25) is 0 Å². The number of carbonyl (C=O) groups is 1. The number of nitrogens with zero attached hydrogens (tertiary/aromatic N) is 4. The summed E-state index contributed by atoms with van der Waals surface area (Å²) >= 11 is 1.55. The number of rotatable bonds is 6. The second-order valence-corrected chi connectivity index (χ2v) is 6.96. The normalized spacial score (nSPS) is 11.0. The maximum absolute atomic E-state index is 12.6. The summed E-state index contributed by atoms with van der Waals surface area (Å²) in [5.74, 6) is -0.247. The lowest BCUT2D eigenvalue weighted by Gasteiger charge is -2.07. The van der Waals surface area contributed by atoms with Crippen LogP contribution in [0.1, 0.15) is 5.56 Å². The second kappa shape index (κ2) is 7.55. The third-order valence-corrected chi connectivity index (χ3v) is 5.03. The Hall–Kier alpha value is -3.26. The van der Waals surface area contributed by atoms with Gasteiger partial charge in [-0.15, -0.1) is 11.3 Å². The molecule has 0 aliphatic carbocycles. The Bertz CT molecular complexity index is 1120. The molecule has 7 nitrogen and oxygen atoms in total. The number of benzene rings is 1.